The van der Waals surface area contributed by atoms with Crippen LogP contribution in [0.5, 0.6) is 5.75 Å². The summed E-state index contributed by atoms with van der Waals surface area (Å²) in [6.45, 7) is 6.79. The van der Waals surface area contributed by atoms with Crippen molar-refractivity contribution in [1.29, 1.82) is 0 Å². The second-order valence-electron chi connectivity index (χ2n) is 5.66. The second kappa shape index (κ2) is 9.98. The zero-order chi connectivity index (χ0) is 17.2. The van der Waals surface area contributed by atoms with Crippen LogP contribution in [0.3, 0.4) is 0 Å². The maximum Gasteiger partial charge on any atom is 0.191 e. The highest BCUT2D eigenvalue weighted by Gasteiger charge is 2.06. The van der Waals surface area contributed by atoms with Gasteiger partial charge >= 0.3 is 0 Å². The summed E-state index contributed by atoms with van der Waals surface area (Å²) in [5.41, 5.74) is 1.25. The van der Waals surface area contributed by atoms with Crippen molar-refractivity contribution in [3.05, 3.63) is 52.2 Å². The van der Waals surface area contributed by atoms with Gasteiger partial charge in [-0.2, -0.15) is 0 Å². The highest BCUT2D eigenvalue weighted by atomic mass is 32.1. The Labute approximate surface area is 149 Å². The van der Waals surface area contributed by atoms with Crippen molar-refractivity contribution in [2.24, 2.45) is 4.99 Å². The molecule has 2 aromatic rings. The zero-order valence-electron chi connectivity index (χ0n) is 14.7. The first kappa shape index (κ1) is 18.3. The van der Waals surface area contributed by atoms with Gasteiger partial charge in [-0.3, -0.25) is 4.99 Å². The fourth-order valence-corrected chi connectivity index (χ4v) is 3.16. The highest BCUT2D eigenvalue weighted by Crippen LogP contribution is 2.20. The van der Waals surface area contributed by atoms with Crippen LogP contribution in [0.4, 0.5) is 0 Å². The molecule has 0 aliphatic heterocycles. The third kappa shape index (κ3) is 5.89. The van der Waals surface area contributed by atoms with E-state index in [9.17, 15) is 0 Å². The van der Waals surface area contributed by atoms with Gasteiger partial charge in [-0.25, -0.2) is 0 Å². The molecule has 0 saturated heterocycles. The van der Waals surface area contributed by atoms with E-state index in [1.165, 1.54) is 10.4 Å². The van der Waals surface area contributed by atoms with Crippen LogP contribution in [0, 0.1) is 0 Å². The van der Waals surface area contributed by atoms with Crippen LogP contribution < -0.4 is 15.4 Å². The molecule has 130 valence electrons. The third-order valence-electron chi connectivity index (χ3n) is 3.74. The fourth-order valence-electron chi connectivity index (χ4n) is 2.38. The van der Waals surface area contributed by atoms with Crippen LogP contribution in [0.2, 0.25) is 0 Å². The molecule has 24 heavy (non-hydrogen) atoms. The number of thiophene rings is 1. The molecule has 0 aliphatic carbocycles. The number of ether oxygens (including phenoxy) is 1. The SMILES string of the molecule is CCNC(=NCC(C)c1cccs1)NCCc1cccc(OC)c1. The predicted molar refractivity (Wildman–Crippen MR) is 103 cm³/mol. The number of benzene rings is 1. The number of hydrogen-bond donors (Lipinski definition) is 2. The minimum atomic E-state index is 0.443. The van der Waals surface area contributed by atoms with E-state index in [1.54, 1.807) is 18.4 Å². The molecule has 0 fully saturated rings. The Kier molecular flexibility index (Phi) is 7.62. The van der Waals surface area contributed by atoms with Gasteiger partial charge < -0.3 is 15.4 Å². The topological polar surface area (TPSA) is 45.7 Å². The molecule has 4 nitrogen and oxygen atoms in total. The number of nitrogens with one attached hydrogen (secondary N) is 2. The third-order valence-corrected chi connectivity index (χ3v) is 4.84. The lowest BCUT2D eigenvalue weighted by atomic mass is 10.1. The number of nitrogens with zero attached hydrogens (tertiary/aromatic N) is 1. The standard InChI is InChI=1S/C19H27N3OS/c1-4-20-19(22-14-15(2)18-9-6-12-24-18)21-11-10-16-7-5-8-17(13-16)23-3/h5-9,12-13,15H,4,10-11,14H2,1-3H3,(H2,20,21,22). The molecule has 2 N–H and O–H groups in total. The first-order chi connectivity index (χ1) is 11.7. The number of aliphatic imine (C=N–C) groups is 1. The molecule has 0 bridgehead atoms. The quantitative estimate of drug-likeness (QED) is 0.567. The molecule has 0 saturated carbocycles. The molecule has 0 spiro atoms. The van der Waals surface area contributed by atoms with Crippen molar-refractivity contribution in [2.75, 3.05) is 26.7 Å². The van der Waals surface area contributed by atoms with E-state index in [0.717, 1.165) is 37.8 Å². The lowest BCUT2D eigenvalue weighted by Crippen LogP contribution is -2.38. The van der Waals surface area contributed by atoms with E-state index in [-0.39, 0.29) is 0 Å². The Hall–Kier alpha value is -2.01. The van der Waals surface area contributed by atoms with Gasteiger partial charge in [0.1, 0.15) is 5.75 Å². The minimum Gasteiger partial charge on any atom is -0.497 e. The van der Waals surface area contributed by atoms with Crippen molar-refractivity contribution in [1.82, 2.24) is 10.6 Å². The molecule has 1 unspecified atom stereocenters. The van der Waals surface area contributed by atoms with Gasteiger partial charge in [0.2, 0.25) is 0 Å². The summed E-state index contributed by atoms with van der Waals surface area (Å²) < 4.78 is 5.27. The zero-order valence-corrected chi connectivity index (χ0v) is 15.5. The lowest BCUT2D eigenvalue weighted by Gasteiger charge is -2.13. The molecule has 0 aliphatic rings. The monoisotopic (exact) mass is 345 g/mol. The largest absolute Gasteiger partial charge is 0.497 e. The van der Waals surface area contributed by atoms with Crippen LogP contribution in [0.15, 0.2) is 46.8 Å². The van der Waals surface area contributed by atoms with Crippen LogP contribution in [-0.4, -0.2) is 32.7 Å². The van der Waals surface area contributed by atoms with E-state index in [2.05, 4.69) is 54.1 Å². The number of rotatable bonds is 8. The number of guanidine groups is 1. The Bertz CT molecular complexity index is 625. The van der Waals surface area contributed by atoms with E-state index in [0.29, 0.717) is 5.92 Å². The first-order valence-corrected chi connectivity index (χ1v) is 9.29. The van der Waals surface area contributed by atoms with Crippen molar-refractivity contribution in [2.45, 2.75) is 26.2 Å². The predicted octanol–water partition coefficient (Wildman–Crippen LogP) is 3.66. The molecule has 1 atom stereocenters. The average molecular weight is 346 g/mol. The van der Waals surface area contributed by atoms with Gasteiger partial charge in [0.15, 0.2) is 5.96 Å². The average Bonchev–Trinajstić information content (AvgIpc) is 3.14. The Morgan fingerprint density at radius 3 is 2.83 bits per heavy atom. The summed E-state index contributed by atoms with van der Waals surface area (Å²) in [7, 11) is 1.70. The Morgan fingerprint density at radius 1 is 1.25 bits per heavy atom. The maximum absolute atomic E-state index is 5.27. The Balaban J connectivity index is 1.84. The molecule has 2 rings (SSSR count). The van der Waals surface area contributed by atoms with Gasteiger partial charge in [-0.05, 0) is 42.5 Å². The van der Waals surface area contributed by atoms with Gasteiger partial charge in [0, 0.05) is 23.9 Å². The van der Waals surface area contributed by atoms with E-state index >= 15 is 0 Å². The van der Waals surface area contributed by atoms with Crippen LogP contribution in [0.25, 0.3) is 0 Å². The van der Waals surface area contributed by atoms with Gasteiger partial charge in [0.05, 0.1) is 13.7 Å². The Morgan fingerprint density at radius 2 is 2.12 bits per heavy atom. The molecule has 0 amide bonds. The number of methoxy groups -OCH3 is 1. The molecule has 5 heteroatoms. The fraction of sp³-hybridized carbons (Fsp3) is 0.421. The molecule has 1 aromatic carbocycles. The van der Waals surface area contributed by atoms with Crippen molar-refractivity contribution in [3.8, 4) is 5.75 Å². The summed E-state index contributed by atoms with van der Waals surface area (Å²) in [6, 6.07) is 12.5. The minimum absolute atomic E-state index is 0.443. The summed E-state index contributed by atoms with van der Waals surface area (Å²) >= 11 is 1.79. The molecule has 0 radical (unpaired) electrons. The molecular formula is C19H27N3OS. The van der Waals surface area contributed by atoms with Gasteiger partial charge in [-0.1, -0.05) is 25.1 Å². The first-order valence-electron chi connectivity index (χ1n) is 8.41. The van der Waals surface area contributed by atoms with Crippen LogP contribution in [-0.2, 0) is 6.42 Å². The summed E-state index contributed by atoms with van der Waals surface area (Å²) in [5, 5.41) is 8.84. The lowest BCUT2D eigenvalue weighted by molar-refractivity contribution is 0.414. The highest BCUT2D eigenvalue weighted by molar-refractivity contribution is 7.10. The molecule has 1 heterocycles. The summed E-state index contributed by atoms with van der Waals surface area (Å²) in [5.74, 6) is 2.22. The van der Waals surface area contributed by atoms with Crippen molar-refractivity contribution in [3.63, 3.8) is 0 Å². The smallest absolute Gasteiger partial charge is 0.191 e. The van der Waals surface area contributed by atoms with Gasteiger partial charge in [0.25, 0.3) is 0 Å². The van der Waals surface area contributed by atoms with E-state index in [1.807, 2.05) is 12.1 Å². The summed E-state index contributed by atoms with van der Waals surface area (Å²) in [6.07, 6.45) is 0.933. The van der Waals surface area contributed by atoms with Gasteiger partial charge in [-0.15, -0.1) is 11.3 Å². The maximum atomic E-state index is 5.27. The van der Waals surface area contributed by atoms with Crippen LogP contribution in [0.1, 0.15) is 30.2 Å². The second-order valence-corrected chi connectivity index (χ2v) is 6.64. The summed E-state index contributed by atoms with van der Waals surface area (Å²) in [4.78, 5) is 6.09. The number of hydrogen-bond acceptors (Lipinski definition) is 3. The van der Waals surface area contributed by atoms with Crippen molar-refractivity contribution >= 4 is 17.3 Å². The molecule has 1 aromatic heterocycles. The van der Waals surface area contributed by atoms with E-state index < -0.39 is 0 Å². The van der Waals surface area contributed by atoms with Crippen molar-refractivity contribution < 1.29 is 4.74 Å². The van der Waals surface area contributed by atoms with Crippen LogP contribution >= 0.6 is 11.3 Å². The van der Waals surface area contributed by atoms with E-state index in [4.69, 9.17) is 9.73 Å². The normalized spacial score (nSPS) is 12.7. The molecular weight excluding hydrogens is 318 g/mol.